The van der Waals surface area contributed by atoms with Gasteiger partial charge in [-0.3, -0.25) is 9.59 Å². The normalized spacial score (nSPS) is 31.0. The molecule has 0 unspecified atom stereocenters. The largest absolute Gasteiger partial charge is 0.508 e. The third-order valence-electron chi connectivity index (χ3n) is 5.80. The Morgan fingerprint density at radius 1 is 1.07 bits per heavy atom. The van der Waals surface area contributed by atoms with Crippen molar-refractivity contribution in [2.45, 2.75) is 36.7 Å². The molecule has 0 bridgehead atoms. The molecule has 2 amide bonds. The average Bonchev–Trinajstić information content (AvgIpc) is 3.11. The van der Waals surface area contributed by atoms with Crippen LogP contribution in [0.15, 0.2) is 48.5 Å². The first-order chi connectivity index (χ1) is 13.0. The van der Waals surface area contributed by atoms with Crippen LogP contribution >= 0.6 is 0 Å². The number of carbonyl (C=O) groups is 2. The first-order valence-electron chi connectivity index (χ1n) is 8.96. The van der Waals surface area contributed by atoms with Crippen molar-refractivity contribution >= 4 is 17.5 Å². The Morgan fingerprint density at radius 3 is 2.59 bits per heavy atom. The maximum Gasteiger partial charge on any atom is 0.247 e. The highest BCUT2D eigenvalue weighted by molar-refractivity contribution is 5.98. The number of hydrogen-bond donors (Lipinski definition) is 4. The van der Waals surface area contributed by atoms with E-state index < -0.39 is 23.9 Å². The number of phenols is 1. The predicted octanol–water partition coefficient (Wildman–Crippen LogP) is 0.673. The number of aromatic hydroxyl groups is 1. The van der Waals surface area contributed by atoms with Crippen LogP contribution in [0.4, 0.5) is 5.69 Å². The van der Waals surface area contributed by atoms with Gasteiger partial charge in [0.25, 0.3) is 0 Å². The molecule has 0 aliphatic carbocycles. The molecule has 0 saturated carbocycles. The van der Waals surface area contributed by atoms with Crippen LogP contribution in [0, 0.1) is 0 Å². The van der Waals surface area contributed by atoms with Gasteiger partial charge in [0.15, 0.2) is 0 Å². The smallest absolute Gasteiger partial charge is 0.247 e. The van der Waals surface area contributed by atoms with E-state index in [-0.39, 0.29) is 24.0 Å². The van der Waals surface area contributed by atoms with E-state index in [9.17, 15) is 19.8 Å². The molecule has 2 aromatic rings. The maximum absolute atomic E-state index is 13.2. The number of amides is 2. The number of hydrogen-bond acceptors (Lipinski definition) is 5. The molecule has 2 fully saturated rings. The lowest BCUT2D eigenvalue weighted by molar-refractivity contribution is -0.149. The van der Waals surface area contributed by atoms with Gasteiger partial charge in [0.2, 0.25) is 11.8 Å². The summed E-state index contributed by atoms with van der Waals surface area (Å²) in [6, 6.07) is 12.6. The number of para-hydroxylation sites is 1. The van der Waals surface area contributed by atoms with E-state index >= 15 is 0 Å². The SMILES string of the molecule is O=C1N[C@@H](Cc2ccc(O)cc2)C(=O)N2[C@H]1C[C@@]1(O)c3ccccc3N[C@@H]21. The zero-order valence-electron chi connectivity index (χ0n) is 14.4. The van der Waals surface area contributed by atoms with Crippen LogP contribution in [-0.4, -0.2) is 45.2 Å². The van der Waals surface area contributed by atoms with Crippen molar-refractivity contribution in [3.8, 4) is 5.75 Å². The van der Waals surface area contributed by atoms with Crippen molar-refractivity contribution in [2.24, 2.45) is 0 Å². The summed E-state index contributed by atoms with van der Waals surface area (Å²) in [4.78, 5) is 27.4. The third kappa shape index (κ3) is 2.24. The number of nitrogens with zero attached hydrogens (tertiary/aromatic N) is 1. The Balaban J connectivity index is 1.46. The summed E-state index contributed by atoms with van der Waals surface area (Å²) in [5, 5.41) is 26.7. The zero-order valence-corrected chi connectivity index (χ0v) is 14.4. The molecule has 4 N–H and O–H groups in total. The average molecular weight is 365 g/mol. The highest BCUT2D eigenvalue weighted by atomic mass is 16.3. The molecule has 138 valence electrons. The van der Waals surface area contributed by atoms with Gasteiger partial charge in [-0.05, 0) is 23.8 Å². The van der Waals surface area contributed by atoms with Crippen LogP contribution < -0.4 is 10.6 Å². The molecule has 0 spiro atoms. The molecule has 4 atom stereocenters. The lowest BCUT2D eigenvalue weighted by Crippen LogP contribution is -2.64. The van der Waals surface area contributed by atoms with Crippen molar-refractivity contribution < 1.29 is 19.8 Å². The third-order valence-corrected chi connectivity index (χ3v) is 5.80. The molecule has 7 nitrogen and oxygen atoms in total. The molecule has 3 aliphatic heterocycles. The highest BCUT2D eigenvalue weighted by Gasteiger charge is 2.62. The van der Waals surface area contributed by atoms with Crippen molar-refractivity contribution in [2.75, 3.05) is 5.32 Å². The number of benzene rings is 2. The van der Waals surface area contributed by atoms with Gasteiger partial charge in [-0.25, -0.2) is 0 Å². The Hall–Kier alpha value is -3.06. The van der Waals surface area contributed by atoms with Crippen LogP contribution in [0.2, 0.25) is 0 Å². The van der Waals surface area contributed by atoms with Crippen LogP contribution in [-0.2, 0) is 21.6 Å². The molecule has 7 heteroatoms. The molecule has 5 rings (SSSR count). The Kier molecular flexibility index (Phi) is 3.27. The topological polar surface area (TPSA) is 102 Å². The van der Waals surface area contributed by atoms with Gasteiger partial charge in [0.05, 0.1) is 0 Å². The number of piperazine rings is 1. The number of aliphatic hydroxyl groups is 1. The summed E-state index contributed by atoms with van der Waals surface area (Å²) in [6.07, 6.45) is -0.155. The van der Waals surface area contributed by atoms with Gasteiger partial charge in [0.1, 0.15) is 29.6 Å². The number of fused-ring (bicyclic) bond motifs is 5. The van der Waals surface area contributed by atoms with E-state index in [1.165, 1.54) is 4.90 Å². The van der Waals surface area contributed by atoms with Crippen LogP contribution in [0.5, 0.6) is 5.75 Å². The van der Waals surface area contributed by atoms with Gasteiger partial charge in [-0.2, -0.15) is 0 Å². The minimum atomic E-state index is -1.28. The molecular weight excluding hydrogens is 346 g/mol. The van der Waals surface area contributed by atoms with Gasteiger partial charge >= 0.3 is 0 Å². The fourth-order valence-corrected chi connectivity index (χ4v) is 4.51. The van der Waals surface area contributed by atoms with Crippen molar-refractivity contribution in [1.82, 2.24) is 10.2 Å². The number of phenolic OH excluding ortho intramolecular Hbond substituents is 1. The van der Waals surface area contributed by atoms with Crippen LogP contribution in [0.3, 0.4) is 0 Å². The van der Waals surface area contributed by atoms with Crippen LogP contribution in [0.25, 0.3) is 0 Å². The standard InChI is InChI=1S/C20H19N3O4/c24-12-7-5-11(6-8-12)9-15-18(26)23-16(17(25)21-15)10-20(27)13-3-1-2-4-14(13)22-19(20)23/h1-8,15-16,19,22,24,27H,9-10H2,(H,21,25)/t15-,16-,19-,20+/m0/s1. The summed E-state index contributed by atoms with van der Waals surface area (Å²) < 4.78 is 0. The van der Waals surface area contributed by atoms with E-state index in [4.69, 9.17) is 0 Å². The summed E-state index contributed by atoms with van der Waals surface area (Å²) in [6.45, 7) is 0. The maximum atomic E-state index is 13.2. The predicted molar refractivity (Wildman–Crippen MR) is 96.7 cm³/mol. The summed E-state index contributed by atoms with van der Waals surface area (Å²) in [7, 11) is 0. The zero-order chi connectivity index (χ0) is 18.8. The first kappa shape index (κ1) is 16.1. The Labute approximate surface area is 155 Å². The fourth-order valence-electron chi connectivity index (χ4n) is 4.51. The fraction of sp³-hybridized carbons (Fsp3) is 0.300. The van der Waals surface area contributed by atoms with Crippen molar-refractivity contribution in [1.29, 1.82) is 0 Å². The number of rotatable bonds is 2. The molecule has 2 saturated heterocycles. The van der Waals surface area contributed by atoms with Gasteiger partial charge in [-0.1, -0.05) is 30.3 Å². The Morgan fingerprint density at radius 2 is 1.81 bits per heavy atom. The van der Waals surface area contributed by atoms with Crippen molar-refractivity contribution in [3.63, 3.8) is 0 Å². The quantitative estimate of drug-likeness (QED) is 0.627. The molecular formula is C20H19N3O4. The summed E-state index contributed by atoms with van der Waals surface area (Å²) >= 11 is 0. The first-order valence-corrected chi connectivity index (χ1v) is 8.96. The van der Waals surface area contributed by atoms with Gasteiger partial charge < -0.3 is 25.7 Å². The van der Waals surface area contributed by atoms with Crippen molar-refractivity contribution in [3.05, 3.63) is 59.7 Å². The van der Waals surface area contributed by atoms with Gasteiger partial charge in [-0.15, -0.1) is 0 Å². The molecule has 3 aliphatic rings. The van der Waals surface area contributed by atoms with Gasteiger partial charge in [0, 0.05) is 24.1 Å². The number of anilines is 1. The van der Waals surface area contributed by atoms with E-state index in [0.29, 0.717) is 6.42 Å². The van der Waals surface area contributed by atoms with E-state index in [1.807, 2.05) is 24.3 Å². The second-order valence-electron chi connectivity index (χ2n) is 7.41. The minimum absolute atomic E-state index is 0.148. The minimum Gasteiger partial charge on any atom is -0.508 e. The molecule has 0 aromatic heterocycles. The number of nitrogens with one attached hydrogen (secondary N) is 2. The highest BCUT2D eigenvalue weighted by Crippen LogP contribution is 2.50. The molecule has 2 aromatic carbocycles. The Bertz CT molecular complexity index is 944. The lowest BCUT2D eigenvalue weighted by Gasteiger charge is -2.37. The molecule has 0 radical (unpaired) electrons. The molecule has 27 heavy (non-hydrogen) atoms. The van der Waals surface area contributed by atoms with E-state index in [0.717, 1.165) is 16.8 Å². The lowest BCUT2D eigenvalue weighted by atomic mass is 9.91. The van der Waals surface area contributed by atoms with Crippen LogP contribution in [0.1, 0.15) is 17.5 Å². The second kappa shape index (κ2) is 5.47. The monoisotopic (exact) mass is 365 g/mol. The summed E-state index contributed by atoms with van der Waals surface area (Å²) in [5.41, 5.74) is 1.07. The summed E-state index contributed by atoms with van der Waals surface area (Å²) in [5.74, 6) is -0.315. The number of carbonyl (C=O) groups excluding carboxylic acids is 2. The van der Waals surface area contributed by atoms with E-state index in [2.05, 4.69) is 10.6 Å². The molecule has 3 heterocycles. The second-order valence-corrected chi connectivity index (χ2v) is 7.41. The van der Waals surface area contributed by atoms with E-state index in [1.54, 1.807) is 24.3 Å².